The highest BCUT2D eigenvalue weighted by atomic mass is 79.9. The van der Waals surface area contributed by atoms with Gasteiger partial charge in [0.15, 0.2) is 5.13 Å². The molecule has 3 N–H and O–H groups in total. The molecule has 0 radical (unpaired) electrons. The lowest BCUT2D eigenvalue weighted by Gasteiger charge is -2.18. The number of anilines is 1. The number of sulfonamides is 1. The van der Waals surface area contributed by atoms with Gasteiger partial charge in [0, 0.05) is 37.5 Å². The van der Waals surface area contributed by atoms with Crippen molar-refractivity contribution in [1.82, 2.24) is 14.7 Å². The second-order valence-corrected chi connectivity index (χ2v) is 12.1. The number of amides is 1. The quantitative estimate of drug-likeness (QED) is 0.192. The molecule has 3 aromatic carbocycles. The van der Waals surface area contributed by atoms with E-state index in [1.54, 1.807) is 29.8 Å². The van der Waals surface area contributed by atoms with E-state index in [-0.39, 0.29) is 11.3 Å². The van der Waals surface area contributed by atoms with Crippen molar-refractivity contribution >= 4 is 70.8 Å². The van der Waals surface area contributed by atoms with Crippen LogP contribution in [0.2, 0.25) is 5.02 Å². The summed E-state index contributed by atoms with van der Waals surface area (Å²) in [5.41, 5.74) is 3.07. The number of fused-ring (bicyclic) bond motifs is 1. The van der Waals surface area contributed by atoms with Crippen LogP contribution in [0.5, 0.6) is 0 Å². The van der Waals surface area contributed by atoms with Crippen LogP contribution in [-0.4, -0.2) is 30.3 Å². The molecule has 0 saturated carbocycles. The van der Waals surface area contributed by atoms with Crippen molar-refractivity contribution in [2.75, 3.05) is 5.32 Å². The molecule has 5 aromatic rings. The highest BCUT2D eigenvalue weighted by molar-refractivity contribution is 9.10. The number of aromatic nitrogens is 2. The van der Waals surface area contributed by atoms with Crippen LogP contribution in [0.25, 0.3) is 22.2 Å². The van der Waals surface area contributed by atoms with Crippen LogP contribution < -0.4 is 10.0 Å². The summed E-state index contributed by atoms with van der Waals surface area (Å²) in [6.07, 6.45) is 1.92. The molecule has 0 saturated heterocycles. The zero-order valence-electron chi connectivity index (χ0n) is 19.1. The Hall–Kier alpha value is -3.02. The maximum Gasteiger partial charge on any atom is 0.244 e. The Morgan fingerprint density at radius 1 is 1.05 bits per heavy atom. The number of hydrogen-bond donors (Lipinski definition) is 3. The molecule has 0 bridgehead atoms. The van der Waals surface area contributed by atoms with Crippen LogP contribution in [0.4, 0.5) is 5.13 Å². The van der Waals surface area contributed by atoms with E-state index in [9.17, 15) is 13.2 Å². The molecular formula is C26H20BrClN4O3S2. The first-order valence-electron chi connectivity index (χ1n) is 11.1. The first kappa shape index (κ1) is 25.6. The molecule has 188 valence electrons. The van der Waals surface area contributed by atoms with Crippen LogP contribution in [0, 0.1) is 0 Å². The minimum atomic E-state index is -3.99. The Morgan fingerprint density at radius 2 is 1.78 bits per heavy atom. The summed E-state index contributed by atoms with van der Waals surface area (Å²) in [4.78, 5) is 21.2. The van der Waals surface area contributed by atoms with Crippen molar-refractivity contribution < 1.29 is 13.2 Å². The molecule has 5 rings (SSSR count). The van der Waals surface area contributed by atoms with Gasteiger partial charge in [-0.25, -0.2) is 13.4 Å². The number of halogens is 2. The minimum absolute atomic E-state index is 0.0580. The summed E-state index contributed by atoms with van der Waals surface area (Å²) < 4.78 is 29.7. The van der Waals surface area contributed by atoms with Gasteiger partial charge in [0.05, 0.1) is 10.6 Å². The Labute approximate surface area is 231 Å². The van der Waals surface area contributed by atoms with Gasteiger partial charge in [-0.15, -0.1) is 11.3 Å². The molecule has 1 amide bonds. The van der Waals surface area contributed by atoms with Crippen molar-refractivity contribution in [2.24, 2.45) is 0 Å². The van der Waals surface area contributed by atoms with E-state index in [1.165, 1.54) is 23.5 Å². The molecule has 1 atom stereocenters. The Bertz CT molecular complexity index is 1680. The molecule has 37 heavy (non-hydrogen) atoms. The third kappa shape index (κ3) is 5.78. The van der Waals surface area contributed by atoms with E-state index in [0.29, 0.717) is 15.8 Å². The number of hydrogen-bond acceptors (Lipinski definition) is 5. The van der Waals surface area contributed by atoms with E-state index < -0.39 is 22.0 Å². The Morgan fingerprint density at radius 3 is 2.57 bits per heavy atom. The molecule has 0 aliphatic heterocycles. The maximum absolute atomic E-state index is 13.4. The number of nitrogens with one attached hydrogen (secondary N) is 3. The summed E-state index contributed by atoms with van der Waals surface area (Å²) in [7, 11) is -3.99. The molecule has 0 aliphatic carbocycles. The van der Waals surface area contributed by atoms with E-state index in [0.717, 1.165) is 26.5 Å². The summed E-state index contributed by atoms with van der Waals surface area (Å²) >= 11 is 10.8. The van der Waals surface area contributed by atoms with Crippen molar-refractivity contribution in [1.29, 1.82) is 0 Å². The van der Waals surface area contributed by atoms with Crippen LogP contribution in [0.3, 0.4) is 0 Å². The summed E-state index contributed by atoms with van der Waals surface area (Å²) in [6.45, 7) is 0. The highest BCUT2D eigenvalue weighted by Crippen LogP contribution is 2.30. The van der Waals surface area contributed by atoms with Gasteiger partial charge in [0.1, 0.15) is 6.04 Å². The SMILES string of the molecule is O=C(Nc1nc(-c2ccccc2Cl)cs1)C(Cc1c[nH]c2ccccc12)NS(=O)(=O)c1ccc(Br)cc1. The fourth-order valence-corrected chi connectivity index (χ4v) is 6.30. The van der Waals surface area contributed by atoms with E-state index >= 15 is 0 Å². The van der Waals surface area contributed by atoms with Gasteiger partial charge < -0.3 is 10.3 Å². The Kier molecular flexibility index (Phi) is 7.45. The van der Waals surface area contributed by atoms with Crippen LogP contribution in [0.15, 0.2) is 93.7 Å². The molecular weight excluding hydrogens is 596 g/mol. The van der Waals surface area contributed by atoms with Crippen molar-refractivity contribution in [2.45, 2.75) is 17.4 Å². The molecule has 1 unspecified atom stereocenters. The number of carbonyl (C=O) groups excluding carboxylic acids is 1. The van der Waals surface area contributed by atoms with Gasteiger partial charge in [-0.3, -0.25) is 4.79 Å². The predicted octanol–water partition coefficient (Wildman–Crippen LogP) is 6.24. The molecule has 2 heterocycles. The second-order valence-electron chi connectivity index (χ2n) is 8.20. The predicted molar refractivity (Wildman–Crippen MR) is 151 cm³/mol. The molecule has 0 spiro atoms. The number of nitrogens with zero attached hydrogens (tertiary/aromatic N) is 1. The number of thiazole rings is 1. The summed E-state index contributed by atoms with van der Waals surface area (Å²) in [5, 5.41) is 6.37. The van der Waals surface area contributed by atoms with Gasteiger partial charge in [0.2, 0.25) is 15.9 Å². The summed E-state index contributed by atoms with van der Waals surface area (Å²) in [6, 6.07) is 20.1. The number of H-pyrrole nitrogens is 1. The van der Waals surface area contributed by atoms with E-state index in [2.05, 4.69) is 35.9 Å². The van der Waals surface area contributed by atoms with Gasteiger partial charge in [0.25, 0.3) is 0 Å². The fourth-order valence-electron chi connectivity index (χ4n) is 3.89. The number of carbonyl (C=O) groups is 1. The average molecular weight is 616 g/mol. The van der Waals surface area contributed by atoms with E-state index in [1.807, 2.05) is 42.5 Å². The van der Waals surface area contributed by atoms with Gasteiger partial charge in [-0.2, -0.15) is 4.72 Å². The fraction of sp³-hybridized carbons (Fsp3) is 0.0769. The first-order valence-corrected chi connectivity index (χ1v) is 14.7. The lowest BCUT2D eigenvalue weighted by atomic mass is 10.1. The molecule has 0 fully saturated rings. The van der Waals surface area contributed by atoms with Crippen LogP contribution in [0.1, 0.15) is 5.56 Å². The highest BCUT2D eigenvalue weighted by Gasteiger charge is 2.28. The number of benzene rings is 3. The van der Waals surface area contributed by atoms with Gasteiger partial charge in [-0.05, 0) is 48.4 Å². The number of rotatable bonds is 8. The summed E-state index contributed by atoms with van der Waals surface area (Å²) in [5.74, 6) is -0.522. The molecule has 0 aliphatic rings. The van der Waals surface area contributed by atoms with Crippen molar-refractivity contribution in [3.63, 3.8) is 0 Å². The minimum Gasteiger partial charge on any atom is -0.361 e. The van der Waals surface area contributed by atoms with Crippen LogP contribution in [-0.2, 0) is 21.2 Å². The second kappa shape index (κ2) is 10.8. The third-order valence-corrected chi connectivity index (χ3v) is 8.82. The van der Waals surface area contributed by atoms with Gasteiger partial charge in [-0.1, -0.05) is 63.9 Å². The van der Waals surface area contributed by atoms with Crippen molar-refractivity contribution in [3.05, 3.63) is 99.4 Å². The first-order chi connectivity index (χ1) is 17.8. The average Bonchev–Trinajstić information content (AvgIpc) is 3.51. The van der Waals surface area contributed by atoms with E-state index in [4.69, 9.17) is 11.6 Å². The topological polar surface area (TPSA) is 104 Å². The smallest absolute Gasteiger partial charge is 0.244 e. The number of para-hydroxylation sites is 1. The molecule has 11 heteroatoms. The number of aromatic amines is 1. The largest absolute Gasteiger partial charge is 0.361 e. The van der Waals surface area contributed by atoms with Gasteiger partial charge >= 0.3 is 0 Å². The van der Waals surface area contributed by atoms with Crippen LogP contribution >= 0.6 is 38.9 Å². The lowest BCUT2D eigenvalue weighted by molar-refractivity contribution is -0.117. The zero-order valence-corrected chi connectivity index (χ0v) is 23.1. The van der Waals surface area contributed by atoms with Crippen molar-refractivity contribution in [3.8, 4) is 11.3 Å². The maximum atomic E-state index is 13.4. The molecule has 7 nitrogen and oxygen atoms in total. The molecule has 2 aromatic heterocycles. The standard InChI is InChI=1S/C26H20BrClN4O3S2/c27-17-9-11-18(12-10-17)37(34,35)32-23(13-16-14-29-22-8-4-2-5-19(16)22)25(33)31-26-30-24(15-36-26)20-6-1-3-7-21(20)28/h1-12,14-15,23,29,32H,13H2,(H,30,31,33). The zero-order chi connectivity index (χ0) is 26.0. The normalized spacial score (nSPS) is 12.5. The monoisotopic (exact) mass is 614 g/mol. The third-order valence-electron chi connectivity index (χ3n) is 5.72. The lowest BCUT2D eigenvalue weighted by Crippen LogP contribution is -2.45. The Balaban J connectivity index is 1.43.